The largest absolute Gasteiger partial charge is 0.314 e. The maximum absolute atomic E-state index is 13.3. The van der Waals surface area contributed by atoms with Crippen LogP contribution in [-0.2, 0) is 16.3 Å². The number of anilines is 2. The van der Waals surface area contributed by atoms with Gasteiger partial charge in [-0.15, -0.1) is 0 Å². The van der Waals surface area contributed by atoms with Gasteiger partial charge in [-0.05, 0) is 66.9 Å². The molecule has 158 valence electrons. The van der Waals surface area contributed by atoms with Crippen molar-refractivity contribution in [1.29, 1.82) is 0 Å². The second kappa shape index (κ2) is 8.69. The minimum absolute atomic E-state index is 0.116. The van der Waals surface area contributed by atoms with E-state index in [1.165, 1.54) is 30.0 Å². The molecule has 0 saturated carbocycles. The van der Waals surface area contributed by atoms with E-state index in [0.29, 0.717) is 10.7 Å². The molecule has 0 radical (unpaired) electrons. The zero-order valence-corrected chi connectivity index (χ0v) is 18.7. The van der Waals surface area contributed by atoms with Crippen molar-refractivity contribution in [2.75, 3.05) is 4.90 Å². The Morgan fingerprint density at radius 1 is 0.935 bits per heavy atom. The fourth-order valence-corrected chi connectivity index (χ4v) is 5.27. The van der Waals surface area contributed by atoms with E-state index < -0.39 is 15.6 Å². The molecule has 0 unspecified atom stereocenters. The molecular weight excluding hydrogens is 430 g/mol. The summed E-state index contributed by atoms with van der Waals surface area (Å²) in [5.41, 5.74) is 2.82. The third-order valence-electron chi connectivity index (χ3n) is 5.31. The van der Waals surface area contributed by atoms with Gasteiger partial charge in [-0.1, -0.05) is 49.2 Å². The third kappa shape index (κ3) is 4.16. The van der Waals surface area contributed by atoms with Gasteiger partial charge in [0.15, 0.2) is 0 Å². The number of allylic oxidation sites excluding steroid dienone is 1. The van der Waals surface area contributed by atoms with Gasteiger partial charge < -0.3 is 4.90 Å². The Kier molecular flexibility index (Phi) is 5.99. The van der Waals surface area contributed by atoms with Crippen LogP contribution in [-0.4, -0.2) is 14.2 Å². The standard InChI is InChI=1S/C25H22ClNO3S/c1-2-3-6-18-9-15-21(16-10-18)27-17-24(25(28)19-11-13-20(26)14-12-19)31(29,30)23-8-5-4-7-22(23)27/h4-5,7-17H,2-3,6H2,1H3. The van der Waals surface area contributed by atoms with Crippen molar-refractivity contribution in [2.24, 2.45) is 0 Å². The van der Waals surface area contributed by atoms with Crippen LogP contribution in [0, 0.1) is 0 Å². The van der Waals surface area contributed by atoms with Crippen LogP contribution in [0.5, 0.6) is 0 Å². The van der Waals surface area contributed by atoms with Crippen LogP contribution < -0.4 is 4.90 Å². The zero-order chi connectivity index (χ0) is 22.0. The van der Waals surface area contributed by atoms with Crippen molar-refractivity contribution in [3.05, 3.63) is 100 Å². The van der Waals surface area contributed by atoms with Gasteiger partial charge in [0.2, 0.25) is 15.6 Å². The van der Waals surface area contributed by atoms with Gasteiger partial charge in [0.05, 0.1) is 10.6 Å². The van der Waals surface area contributed by atoms with Crippen molar-refractivity contribution in [1.82, 2.24) is 0 Å². The van der Waals surface area contributed by atoms with Gasteiger partial charge >= 0.3 is 0 Å². The Morgan fingerprint density at radius 3 is 2.29 bits per heavy atom. The van der Waals surface area contributed by atoms with E-state index >= 15 is 0 Å². The predicted molar refractivity (Wildman–Crippen MR) is 125 cm³/mol. The molecule has 3 aromatic carbocycles. The highest BCUT2D eigenvalue weighted by atomic mass is 35.5. The average molecular weight is 452 g/mol. The molecule has 1 aliphatic heterocycles. The Labute approximate surface area is 187 Å². The molecule has 0 aromatic heterocycles. The first-order valence-corrected chi connectivity index (χ1v) is 12.0. The monoisotopic (exact) mass is 451 g/mol. The van der Waals surface area contributed by atoms with E-state index in [-0.39, 0.29) is 15.4 Å². The number of aryl methyl sites for hydroxylation is 1. The first kappa shape index (κ1) is 21.3. The predicted octanol–water partition coefficient (Wildman–Crippen LogP) is 6.33. The van der Waals surface area contributed by atoms with Crippen LogP contribution in [0.15, 0.2) is 88.8 Å². The Morgan fingerprint density at radius 2 is 1.61 bits per heavy atom. The van der Waals surface area contributed by atoms with Crippen molar-refractivity contribution in [3.63, 3.8) is 0 Å². The fraction of sp³-hybridized carbons (Fsp3) is 0.160. The highest BCUT2D eigenvalue weighted by molar-refractivity contribution is 7.96. The van der Waals surface area contributed by atoms with Gasteiger partial charge in [-0.3, -0.25) is 4.79 Å². The number of ketones is 1. The van der Waals surface area contributed by atoms with Gasteiger partial charge in [0.25, 0.3) is 0 Å². The van der Waals surface area contributed by atoms with Gasteiger partial charge in [0, 0.05) is 22.5 Å². The van der Waals surface area contributed by atoms with Crippen LogP contribution >= 0.6 is 11.6 Å². The summed E-state index contributed by atoms with van der Waals surface area (Å²) in [6.45, 7) is 2.16. The number of Topliss-reactive ketones (excluding diaryl/α,β-unsaturated/α-hetero) is 1. The summed E-state index contributed by atoms with van der Waals surface area (Å²) in [5.74, 6) is -0.560. The molecule has 6 heteroatoms. The number of para-hydroxylation sites is 1. The summed E-state index contributed by atoms with van der Waals surface area (Å²) in [6.07, 6.45) is 4.66. The Hall–Kier alpha value is -2.89. The topological polar surface area (TPSA) is 54.5 Å². The number of halogens is 1. The van der Waals surface area contributed by atoms with E-state index in [2.05, 4.69) is 6.92 Å². The molecule has 0 aliphatic carbocycles. The first-order valence-electron chi connectivity index (χ1n) is 10.2. The van der Waals surface area contributed by atoms with E-state index in [1.54, 1.807) is 35.2 Å². The minimum Gasteiger partial charge on any atom is -0.314 e. The van der Waals surface area contributed by atoms with Crippen LogP contribution in [0.1, 0.15) is 35.7 Å². The number of fused-ring (bicyclic) bond motifs is 1. The number of carbonyl (C=O) groups is 1. The number of hydrogen-bond donors (Lipinski definition) is 0. The number of carbonyl (C=O) groups excluding carboxylic acids is 1. The van der Waals surface area contributed by atoms with Gasteiger partial charge in [0.1, 0.15) is 4.91 Å². The quantitative estimate of drug-likeness (QED) is 0.411. The number of nitrogens with zero attached hydrogens (tertiary/aromatic N) is 1. The van der Waals surface area contributed by atoms with Crippen molar-refractivity contribution in [2.45, 2.75) is 31.1 Å². The normalized spacial score (nSPS) is 14.6. The summed E-state index contributed by atoms with van der Waals surface area (Å²) in [7, 11) is -3.96. The smallest absolute Gasteiger partial charge is 0.214 e. The van der Waals surface area contributed by atoms with Crippen molar-refractivity contribution >= 4 is 38.6 Å². The van der Waals surface area contributed by atoms with E-state index in [9.17, 15) is 13.2 Å². The zero-order valence-electron chi connectivity index (χ0n) is 17.1. The molecule has 4 rings (SSSR count). The summed E-state index contributed by atoms with van der Waals surface area (Å²) in [6, 6.07) is 21.0. The number of unbranched alkanes of at least 4 members (excludes halogenated alkanes) is 1. The first-order chi connectivity index (χ1) is 14.9. The number of hydrogen-bond acceptors (Lipinski definition) is 4. The van der Waals surface area contributed by atoms with Gasteiger partial charge in [-0.25, -0.2) is 8.42 Å². The lowest BCUT2D eigenvalue weighted by Gasteiger charge is -2.29. The SMILES string of the molecule is CCCCc1ccc(N2C=C(C(=O)c3ccc(Cl)cc3)S(=O)(=O)c3ccccc32)cc1. The molecule has 3 aromatic rings. The van der Waals surface area contributed by atoms with Crippen molar-refractivity contribution in [3.8, 4) is 0 Å². The molecule has 31 heavy (non-hydrogen) atoms. The minimum atomic E-state index is -3.96. The maximum Gasteiger partial charge on any atom is 0.214 e. The molecule has 0 atom stereocenters. The molecule has 0 N–H and O–H groups in total. The highest BCUT2D eigenvalue weighted by Gasteiger charge is 2.35. The molecule has 1 aliphatic rings. The lowest BCUT2D eigenvalue weighted by atomic mass is 10.1. The summed E-state index contributed by atoms with van der Waals surface area (Å²) in [5, 5.41) is 0.479. The van der Waals surface area contributed by atoms with Crippen LogP contribution in [0.2, 0.25) is 5.02 Å². The number of rotatable bonds is 6. The lowest BCUT2D eigenvalue weighted by molar-refractivity contribution is 0.104. The maximum atomic E-state index is 13.3. The Bertz CT molecular complexity index is 1250. The van der Waals surface area contributed by atoms with E-state index in [4.69, 9.17) is 11.6 Å². The second-order valence-corrected chi connectivity index (χ2v) is 9.76. The molecule has 4 nitrogen and oxygen atoms in total. The number of sulfone groups is 1. The molecule has 0 bridgehead atoms. The highest BCUT2D eigenvalue weighted by Crippen LogP contribution is 2.40. The second-order valence-electron chi connectivity index (χ2n) is 7.44. The van der Waals surface area contributed by atoms with Gasteiger partial charge in [-0.2, -0.15) is 0 Å². The van der Waals surface area contributed by atoms with Crippen LogP contribution in [0.3, 0.4) is 0 Å². The molecule has 1 heterocycles. The average Bonchev–Trinajstić information content (AvgIpc) is 2.78. The lowest BCUT2D eigenvalue weighted by Crippen LogP contribution is -2.25. The van der Waals surface area contributed by atoms with E-state index in [1.807, 2.05) is 24.3 Å². The van der Waals surface area contributed by atoms with Crippen LogP contribution in [0.25, 0.3) is 0 Å². The van der Waals surface area contributed by atoms with Crippen molar-refractivity contribution < 1.29 is 13.2 Å². The summed E-state index contributed by atoms with van der Waals surface area (Å²) in [4.78, 5) is 14.8. The summed E-state index contributed by atoms with van der Waals surface area (Å²) < 4.78 is 26.6. The number of benzene rings is 3. The fourth-order valence-electron chi connectivity index (χ4n) is 3.60. The molecule has 0 amide bonds. The third-order valence-corrected chi connectivity index (χ3v) is 7.36. The molecular formula is C25H22ClNO3S. The Balaban J connectivity index is 1.81. The molecule has 0 saturated heterocycles. The van der Waals surface area contributed by atoms with Crippen LogP contribution in [0.4, 0.5) is 11.4 Å². The molecule has 0 fully saturated rings. The molecule has 0 spiro atoms. The summed E-state index contributed by atoms with van der Waals surface area (Å²) >= 11 is 5.92. The van der Waals surface area contributed by atoms with E-state index in [0.717, 1.165) is 24.9 Å².